The lowest BCUT2D eigenvalue weighted by Crippen LogP contribution is -2.24. The quantitative estimate of drug-likeness (QED) is 0.162. The van der Waals surface area contributed by atoms with Crippen LogP contribution in [0.1, 0.15) is 219 Å². The second kappa shape index (κ2) is 36.0. The van der Waals surface area contributed by atoms with Crippen LogP contribution in [0.5, 0.6) is 0 Å². The Balaban J connectivity index is 2.61. The van der Waals surface area contributed by atoms with Crippen molar-refractivity contribution in [1.29, 1.82) is 0 Å². The molecule has 0 spiro atoms. The SMILES string of the molecule is CCCCC1CCCCCCC(CCCC)CCOC(=O)CCCCCCCCCC(C(=O)OCCN(C)C)CCCCCCCCCC(=O)OCC1. The predicted octanol–water partition coefficient (Wildman–Crippen LogP) is 12.6. The molecule has 1 rings (SSSR count). The maximum Gasteiger partial charge on any atom is 0.308 e. The number of carbonyl (C=O) groups is 3. The number of hydrogen-bond donors (Lipinski definition) is 0. The van der Waals surface area contributed by atoms with Crippen LogP contribution in [0, 0.1) is 17.8 Å². The summed E-state index contributed by atoms with van der Waals surface area (Å²) in [6.45, 7) is 6.88. The van der Waals surface area contributed by atoms with Gasteiger partial charge in [-0.1, -0.05) is 168 Å². The molecule has 0 aromatic heterocycles. The molecule has 2 atom stereocenters. The Morgan fingerprint density at radius 1 is 0.566 bits per heavy atom. The van der Waals surface area contributed by atoms with Crippen molar-refractivity contribution in [1.82, 2.24) is 4.90 Å². The summed E-state index contributed by atoms with van der Waals surface area (Å²) < 4.78 is 17.0. The molecule has 1 fully saturated rings. The molecule has 53 heavy (non-hydrogen) atoms. The zero-order chi connectivity index (χ0) is 38.6. The first-order chi connectivity index (χ1) is 25.8. The van der Waals surface area contributed by atoms with Crippen molar-refractivity contribution in [2.75, 3.05) is 40.5 Å². The number of ether oxygens (including phenoxy) is 3. The summed E-state index contributed by atoms with van der Waals surface area (Å²) >= 11 is 0. The van der Waals surface area contributed by atoms with E-state index in [1.54, 1.807) is 0 Å². The van der Waals surface area contributed by atoms with E-state index >= 15 is 0 Å². The Hall–Kier alpha value is -1.63. The van der Waals surface area contributed by atoms with Crippen LogP contribution in [0.25, 0.3) is 0 Å². The Kier molecular flexibility index (Phi) is 33.6. The van der Waals surface area contributed by atoms with Gasteiger partial charge in [-0.25, -0.2) is 0 Å². The van der Waals surface area contributed by atoms with E-state index < -0.39 is 0 Å². The molecule has 0 amide bonds. The van der Waals surface area contributed by atoms with Crippen molar-refractivity contribution in [3.05, 3.63) is 0 Å². The van der Waals surface area contributed by atoms with Crippen molar-refractivity contribution in [2.24, 2.45) is 17.8 Å². The third-order valence-electron chi connectivity index (χ3n) is 11.5. The molecule has 0 saturated carbocycles. The van der Waals surface area contributed by atoms with E-state index in [-0.39, 0.29) is 23.8 Å². The molecule has 312 valence electrons. The lowest BCUT2D eigenvalue weighted by molar-refractivity contribution is -0.149. The van der Waals surface area contributed by atoms with Crippen LogP contribution in [-0.2, 0) is 28.6 Å². The Morgan fingerprint density at radius 3 is 1.34 bits per heavy atom. The Labute approximate surface area is 328 Å². The van der Waals surface area contributed by atoms with Gasteiger partial charge in [0.2, 0.25) is 0 Å². The lowest BCUT2D eigenvalue weighted by Gasteiger charge is -2.18. The number of carbonyl (C=O) groups excluding carboxylic acids is 3. The van der Waals surface area contributed by atoms with E-state index in [1.807, 2.05) is 19.0 Å². The van der Waals surface area contributed by atoms with Gasteiger partial charge in [0.25, 0.3) is 0 Å². The molecule has 0 aliphatic carbocycles. The normalized spacial score (nSPS) is 23.9. The van der Waals surface area contributed by atoms with Crippen LogP contribution in [0.2, 0.25) is 0 Å². The van der Waals surface area contributed by atoms with Crippen molar-refractivity contribution >= 4 is 17.9 Å². The highest BCUT2D eigenvalue weighted by molar-refractivity contribution is 5.72. The predicted molar refractivity (Wildman–Crippen MR) is 221 cm³/mol. The highest BCUT2D eigenvalue weighted by Crippen LogP contribution is 2.25. The zero-order valence-corrected chi connectivity index (χ0v) is 35.6. The van der Waals surface area contributed by atoms with E-state index in [0.29, 0.717) is 44.5 Å². The standard InChI is InChI=1S/C46H87NO6/c1-5-7-27-41-29-21-19-20-22-30-42(28-8-6-2)36-39-52-45(49)34-26-18-14-10-12-16-24-32-43(46(50)53-40-37-47(3)4)31-23-15-11-9-13-17-25-33-44(48)51-38-35-41/h41-43H,5-40H2,1-4H3. The summed E-state index contributed by atoms with van der Waals surface area (Å²) in [7, 11) is 4.00. The van der Waals surface area contributed by atoms with Crippen LogP contribution >= 0.6 is 0 Å². The van der Waals surface area contributed by atoms with Gasteiger partial charge in [0.05, 0.1) is 19.1 Å². The average Bonchev–Trinajstić information content (AvgIpc) is 3.13. The number of hydrogen-bond acceptors (Lipinski definition) is 7. The van der Waals surface area contributed by atoms with Gasteiger partial charge in [0.1, 0.15) is 6.61 Å². The molecule has 0 aromatic carbocycles. The van der Waals surface area contributed by atoms with Crippen molar-refractivity contribution < 1.29 is 28.6 Å². The fraction of sp³-hybridized carbons (Fsp3) is 0.935. The summed E-state index contributed by atoms with van der Waals surface area (Å²) in [5.41, 5.74) is 0. The first-order valence-corrected chi connectivity index (χ1v) is 23.0. The fourth-order valence-electron chi connectivity index (χ4n) is 7.81. The number of esters is 3. The smallest absolute Gasteiger partial charge is 0.308 e. The number of cyclic esters (lactones) is 2. The van der Waals surface area contributed by atoms with E-state index in [2.05, 4.69) is 13.8 Å². The van der Waals surface area contributed by atoms with Crippen LogP contribution in [0.3, 0.4) is 0 Å². The van der Waals surface area contributed by atoms with Crippen LogP contribution in [0.15, 0.2) is 0 Å². The van der Waals surface area contributed by atoms with Gasteiger partial charge in [0.15, 0.2) is 0 Å². The first kappa shape index (κ1) is 49.4. The number of nitrogens with zero attached hydrogens (tertiary/aromatic N) is 1. The summed E-state index contributed by atoms with van der Waals surface area (Å²) in [5, 5.41) is 0. The molecule has 1 aliphatic heterocycles. The monoisotopic (exact) mass is 750 g/mol. The fourth-order valence-corrected chi connectivity index (χ4v) is 7.81. The maximum absolute atomic E-state index is 12.9. The zero-order valence-electron chi connectivity index (χ0n) is 35.6. The van der Waals surface area contributed by atoms with Gasteiger partial charge >= 0.3 is 17.9 Å². The highest BCUT2D eigenvalue weighted by Gasteiger charge is 2.19. The molecule has 0 N–H and O–H groups in total. The summed E-state index contributed by atoms with van der Waals surface area (Å²) in [4.78, 5) is 39.9. The molecule has 0 bridgehead atoms. The summed E-state index contributed by atoms with van der Waals surface area (Å²) in [5.74, 6) is 1.25. The summed E-state index contributed by atoms with van der Waals surface area (Å²) in [6, 6.07) is 0. The van der Waals surface area contributed by atoms with Gasteiger partial charge in [0, 0.05) is 19.4 Å². The van der Waals surface area contributed by atoms with Gasteiger partial charge in [-0.15, -0.1) is 0 Å². The number of rotatable bonds is 10. The van der Waals surface area contributed by atoms with E-state index in [9.17, 15) is 14.4 Å². The number of unbranched alkanes of at least 4 members (excludes halogenated alkanes) is 2. The van der Waals surface area contributed by atoms with E-state index in [0.717, 1.165) is 96.4 Å². The van der Waals surface area contributed by atoms with Gasteiger partial charge in [-0.3, -0.25) is 14.4 Å². The third-order valence-corrected chi connectivity index (χ3v) is 11.5. The van der Waals surface area contributed by atoms with E-state index in [1.165, 1.54) is 103 Å². The van der Waals surface area contributed by atoms with Gasteiger partial charge < -0.3 is 19.1 Å². The molecule has 7 nitrogen and oxygen atoms in total. The van der Waals surface area contributed by atoms with Crippen LogP contribution in [-0.4, -0.2) is 63.3 Å². The first-order valence-electron chi connectivity index (χ1n) is 23.0. The minimum absolute atomic E-state index is 0.00492. The molecular weight excluding hydrogens is 663 g/mol. The molecular formula is C46H87NO6. The topological polar surface area (TPSA) is 82.1 Å². The minimum atomic E-state index is -0.0251. The van der Waals surface area contributed by atoms with Crippen LogP contribution < -0.4 is 0 Å². The highest BCUT2D eigenvalue weighted by atomic mass is 16.5. The van der Waals surface area contributed by atoms with Gasteiger partial charge in [-0.2, -0.15) is 0 Å². The van der Waals surface area contributed by atoms with Crippen LogP contribution in [0.4, 0.5) is 0 Å². The number of likely N-dealkylation sites (N-methyl/N-ethyl adjacent to an activating group) is 1. The van der Waals surface area contributed by atoms with E-state index in [4.69, 9.17) is 14.2 Å². The molecule has 1 aliphatic rings. The van der Waals surface area contributed by atoms with Gasteiger partial charge in [-0.05, 0) is 64.5 Å². The van der Waals surface area contributed by atoms with Crippen molar-refractivity contribution in [3.8, 4) is 0 Å². The second-order valence-corrected chi connectivity index (χ2v) is 16.7. The Bertz CT molecular complexity index is 807. The lowest BCUT2D eigenvalue weighted by atomic mass is 9.90. The molecule has 2 unspecified atom stereocenters. The third kappa shape index (κ3) is 31.3. The molecule has 1 heterocycles. The molecule has 1 saturated heterocycles. The molecule has 0 aromatic rings. The summed E-state index contributed by atoms with van der Waals surface area (Å²) in [6.07, 6.45) is 35.4. The minimum Gasteiger partial charge on any atom is -0.466 e. The second-order valence-electron chi connectivity index (χ2n) is 16.7. The van der Waals surface area contributed by atoms with Crippen molar-refractivity contribution in [3.63, 3.8) is 0 Å². The molecule has 7 heteroatoms. The largest absolute Gasteiger partial charge is 0.466 e. The Morgan fingerprint density at radius 2 is 0.943 bits per heavy atom. The van der Waals surface area contributed by atoms with Crippen molar-refractivity contribution in [2.45, 2.75) is 219 Å². The average molecular weight is 750 g/mol. The maximum atomic E-state index is 12.9. The molecule has 0 radical (unpaired) electrons.